The summed E-state index contributed by atoms with van der Waals surface area (Å²) in [7, 11) is 0. The van der Waals surface area contributed by atoms with Gasteiger partial charge >= 0.3 is 0 Å². The number of carbonyl (C=O) groups excluding carboxylic acids is 1. The number of aryl methyl sites for hydroxylation is 2. The molecular weight excluding hydrogens is 284 g/mol. The normalized spacial score (nSPS) is 22.5. The van der Waals surface area contributed by atoms with Crippen molar-refractivity contribution in [2.75, 3.05) is 0 Å². The zero-order valence-corrected chi connectivity index (χ0v) is 14.2. The maximum absolute atomic E-state index is 12.6. The quantitative estimate of drug-likeness (QED) is 0.778. The first-order chi connectivity index (χ1) is 10.1. The van der Waals surface area contributed by atoms with Gasteiger partial charge in [0.1, 0.15) is 5.78 Å². The van der Waals surface area contributed by atoms with E-state index < -0.39 is 0 Å². The van der Waals surface area contributed by atoms with E-state index in [-0.39, 0.29) is 5.92 Å². The predicted molar refractivity (Wildman–Crippen MR) is 86.7 cm³/mol. The van der Waals surface area contributed by atoms with E-state index in [2.05, 4.69) is 12.0 Å². The molecule has 0 amide bonds. The Labute approximate surface area is 133 Å². The molecule has 0 N–H and O–H groups in total. The first kappa shape index (κ1) is 16.5. The third kappa shape index (κ3) is 3.68. The van der Waals surface area contributed by atoms with Crippen molar-refractivity contribution in [2.45, 2.75) is 72.3 Å². The Hall–Kier alpha value is -0.830. The molecule has 1 heterocycles. The number of Topliss-reactive ketones (excluding diaryl/α,β-unsaturated/α-hetero) is 1. The van der Waals surface area contributed by atoms with Crippen molar-refractivity contribution in [3.8, 4) is 0 Å². The van der Waals surface area contributed by atoms with Crippen LogP contribution in [0.3, 0.4) is 0 Å². The average molecular weight is 311 g/mol. The Bertz CT molecular complexity index is 495. The van der Waals surface area contributed by atoms with Crippen LogP contribution in [-0.4, -0.2) is 15.6 Å². The lowest BCUT2D eigenvalue weighted by Gasteiger charge is -2.27. The van der Waals surface area contributed by atoms with Gasteiger partial charge in [-0.3, -0.25) is 9.48 Å². The minimum absolute atomic E-state index is 0.227. The van der Waals surface area contributed by atoms with Crippen molar-refractivity contribution in [3.05, 3.63) is 16.4 Å². The van der Waals surface area contributed by atoms with Gasteiger partial charge in [0.25, 0.3) is 0 Å². The second kappa shape index (κ2) is 7.44. The number of hydrogen-bond acceptors (Lipinski definition) is 2. The summed E-state index contributed by atoms with van der Waals surface area (Å²) in [5.41, 5.74) is 1.83. The average Bonchev–Trinajstić information content (AvgIpc) is 2.83. The second-order valence-corrected chi connectivity index (χ2v) is 6.54. The van der Waals surface area contributed by atoms with Crippen molar-refractivity contribution >= 4 is 17.4 Å². The molecule has 0 aliphatic heterocycles. The van der Waals surface area contributed by atoms with Crippen LogP contribution in [0.2, 0.25) is 5.02 Å². The van der Waals surface area contributed by atoms with Crippen LogP contribution < -0.4 is 0 Å². The number of rotatable bonds is 6. The van der Waals surface area contributed by atoms with Gasteiger partial charge in [0, 0.05) is 12.5 Å². The smallest absolute Gasteiger partial charge is 0.141 e. The van der Waals surface area contributed by atoms with Crippen molar-refractivity contribution in [3.63, 3.8) is 0 Å². The fraction of sp³-hybridized carbons (Fsp3) is 0.765. The molecular formula is C17H27ClN2O. The van der Waals surface area contributed by atoms with Crippen LogP contribution in [0.1, 0.15) is 64.3 Å². The Morgan fingerprint density at radius 2 is 2.10 bits per heavy atom. The van der Waals surface area contributed by atoms with Gasteiger partial charge in [-0.2, -0.15) is 5.10 Å². The predicted octanol–water partition coefficient (Wildman–Crippen LogP) is 4.45. The molecule has 1 aromatic rings. The molecule has 2 unspecified atom stereocenters. The first-order valence-corrected chi connectivity index (χ1v) is 8.75. The van der Waals surface area contributed by atoms with E-state index in [1.165, 1.54) is 19.3 Å². The van der Waals surface area contributed by atoms with Gasteiger partial charge in [0.2, 0.25) is 0 Å². The number of hydrogen-bond donors (Lipinski definition) is 0. The van der Waals surface area contributed by atoms with E-state index in [1.54, 1.807) is 0 Å². The summed E-state index contributed by atoms with van der Waals surface area (Å²) in [6.07, 6.45) is 7.04. The fourth-order valence-electron chi connectivity index (χ4n) is 3.45. The van der Waals surface area contributed by atoms with Crippen molar-refractivity contribution in [1.82, 2.24) is 9.78 Å². The highest BCUT2D eigenvalue weighted by Crippen LogP contribution is 2.33. The van der Waals surface area contributed by atoms with Gasteiger partial charge in [0.15, 0.2) is 0 Å². The summed E-state index contributed by atoms with van der Waals surface area (Å²) >= 11 is 6.41. The molecule has 2 rings (SSSR count). The fourth-order valence-corrected chi connectivity index (χ4v) is 3.79. The van der Waals surface area contributed by atoms with Crippen LogP contribution in [-0.2, 0) is 24.2 Å². The summed E-state index contributed by atoms with van der Waals surface area (Å²) in [6, 6.07) is 0. The molecule has 2 atom stereocenters. The largest absolute Gasteiger partial charge is 0.299 e. The number of halogens is 1. The molecule has 0 spiro atoms. The minimum atomic E-state index is 0.227. The van der Waals surface area contributed by atoms with Gasteiger partial charge in [-0.15, -0.1) is 0 Å². The Kier molecular flexibility index (Phi) is 5.86. The topological polar surface area (TPSA) is 34.9 Å². The highest BCUT2D eigenvalue weighted by Gasteiger charge is 2.28. The van der Waals surface area contributed by atoms with Crippen LogP contribution in [0.5, 0.6) is 0 Å². The van der Waals surface area contributed by atoms with E-state index in [0.717, 1.165) is 43.1 Å². The lowest BCUT2D eigenvalue weighted by molar-refractivity contribution is -0.123. The number of nitrogens with zero attached hydrogens (tertiary/aromatic N) is 2. The van der Waals surface area contributed by atoms with Gasteiger partial charge in [0.05, 0.1) is 22.8 Å². The minimum Gasteiger partial charge on any atom is -0.299 e. The molecule has 21 heavy (non-hydrogen) atoms. The molecule has 118 valence electrons. The lowest BCUT2D eigenvalue weighted by Crippen LogP contribution is -2.25. The van der Waals surface area contributed by atoms with E-state index >= 15 is 0 Å². The van der Waals surface area contributed by atoms with Crippen LogP contribution >= 0.6 is 11.6 Å². The molecule has 1 saturated carbocycles. The molecule has 1 aliphatic carbocycles. The van der Waals surface area contributed by atoms with E-state index in [9.17, 15) is 4.79 Å². The lowest BCUT2D eigenvalue weighted by atomic mass is 9.77. The molecule has 1 aromatic heterocycles. The number of ketones is 1. The van der Waals surface area contributed by atoms with Crippen LogP contribution in [0, 0.1) is 11.8 Å². The van der Waals surface area contributed by atoms with Gasteiger partial charge < -0.3 is 0 Å². The molecule has 0 aromatic carbocycles. The summed E-state index contributed by atoms with van der Waals surface area (Å²) in [5, 5.41) is 5.21. The molecule has 0 bridgehead atoms. The number of aromatic nitrogens is 2. The third-order valence-corrected chi connectivity index (χ3v) is 5.29. The van der Waals surface area contributed by atoms with Crippen molar-refractivity contribution < 1.29 is 4.79 Å². The Morgan fingerprint density at radius 1 is 1.33 bits per heavy atom. The molecule has 4 heteroatoms. The molecule has 0 saturated heterocycles. The van der Waals surface area contributed by atoms with E-state index in [4.69, 9.17) is 11.6 Å². The zero-order valence-electron chi connectivity index (χ0n) is 13.5. The molecule has 1 fully saturated rings. The van der Waals surface area contributed by atoms with Crippen LogP contribution in [0.4, 0.5) is 0 Å². The molecule has 3 nitrogen and oxygen atoms in total. The highest BCUT2D eigenvalue weighted by atomic mass is 35.5. The highest BCUT2D eigenvalue weighted by molar-refractivity contribution is 6.32. The maximum atomic E-state index is 12.6. The molecule has 0 radical (unpaired) electrons. The SMILES string of the molecule is CCc1nn(CC)c(CC(=O)C2CCCC(CC)C2)c1Cl. The summed E-state index contributed by atoms with van der Waals surface area (Å²) in [6.45, 7) is 7.09. The Morgan fingerprint density at radius 3 is 2.71 bits per heavy atom. The van der Waals surface area contributed by atoms with Gasteiger partial charge in [-0.25, -0.2) is 0 Å². The maximum Gasteiger partial charge on any atom is 0.141 e. The summed E-state index contributed by atoms with van der Waals surface area (Å²) in [5.74, 6) is 1.31. The standard InChI is InChI=1S/C17H27ClN2O/c1-4-12-8-7-9-13(10-12)16(21)11-15-17(18)14(5-2)19-20(15)6-3/h12-13H,4-11H2,1-3H3. The first-order valence-electron chi connectivity index (χ1n) is 8.37. The zero-order chi connectivity index (χ0) is 15.4. The van der Waals surface area contributed by atoms with E-state index in [1.807, 2.05) is 18.5 Å². The Balaban J connectivity index is 2.10. The van der Waals surface area contributed by atoms with Crippen LogP contribution in [0.25, 0.3) is 0 Å². The molecule has 1 aliphatic rings. The van der Waals surface area contributed by atoms with Crippen molar-refractivity contribution in [2.24, 2.45) is 11.8 Å². The number of carbonyl (C=O) groups is 1. The monoisotopic (exact) mass is 310 g/mol. The van der Waals surface area contributed by atoms with Crippen LogP contribution in [0.15, 0.2) is 0 Å². The van der Waals surface area contributed by atoms with Gasteiger partial charge in [-0.05, 0) is 32.1 Å². The summed E-state index contributed by atoms with van der Waals surface area (Å²) < 4.78 is 1.90. The van der Waals surface area contributed by atoms with E-state index in [0.29, 0.717) is 17.2 Å². The third-order valence-electron chi connectivity index (χ3n) is 4.85. The van der Waals surface area contributed by atoms with Crippen molar-refractivity contribution in [1.29, 1.82) is 0 Å². The van der Waals surface area contributed by atoms with Gasteiger partial charge in [-0.1, -0.05) is 44.7 Å². The summed E-state index contributed by atoms with van der Waals surface area (Å²) in [4.78, 5) is 12.6. The second-order valence-electron chi connectivity index (χ2n) is 6.16.